The fourth-order valence-electron chi connectivity index (χ4n) is 2.87. The minimum absolute atomic E-state index is 0.238. The van der Waals surface area contributed by atoms with E-state index in [0.29, 0.717) is 16.7 Å². The maximum atomic E-state index is 12.6. The number of aromatic nitrogens is 4. The van der Waals surface area contributed by atoms with Crippen LogP contribution in [0.3, 0.4) is 0 Å². The lowest BCUT2D eigenvalue weighted by Crippen LogP contribution is -2.40. The van der Waals surface area contributed by atoms with Gasteiger partial charge in [0.25, 0.3) is 10.0 Å². The average Bonchev–Trinajstić information content (AvgIpc) is 3.09. The van der Waals surface area contributed by atoms with E-state index in [-0.39, 0.29) is 4.21 Å². The first-order chi connectivity index (χ1) is 13.6. The van der Waals surface area contributed by atoms with Gasteiger partial charge in [-0.1, -0.05) is 0 Å². The molecule has 3 aromatic heterocycles. The van der Waals surface area contributed by atoms with Gasteiger partial charge < -0.3 is 4.90 Å². The summed E-state index contributed by atoms with van der Waals surface area (Å²) in [5, 5.41) is 7.15. The Kier molecular flexibility index (Phi) is 5.26. The zero-order chi connectivity index (χ0) is 20.8. The van der Waals surface area contributed by atoms with Gasteiger partial charge in [0.2, 0.25) is 0 Å². The lowest BCUT2D eigenvalue weighted by molar-refractivity contribution is 0.492. The number of sulfonamides is 1. The van der Waals surface area contributed by atoms with Crippen LogP contribution in [0.2, 0.25) is 0 Å². The number of rotatable bonds is 6. The summed E-state index contributed by atoms with van der Waals surface area (Å²) < 4.78 is 28.9. The molecule has 2 N–H and O–H groups in total. The molecule has 0 spiro atoms. The zero-order valence-corrected chi connectivity index (χ0v) is 19.4. The molecule has 154 valence electrons. The van der Waals surface area contributed by atoms with Crippen LogP contribution in [0.1, 0.15) is 33.6 Å². The second-order valence-corrected chi connectivity index (χ2v) is 11.7. The monoisotopic (exact) mass is 496 g/mol. The number of nitrogens with zero attached hydrogens (tertiary/aromatic N) is 4. The maximum absolute atomic E-state index is 12.6. The highest BCUT2D eigenvalue weighted by Gasteiger charge is 2.34. The third-order valence-corrected chi connectivity index (χ3v) is 8.00. The highest BCUT2D eigenvalue weighted by molar-refractivity contribution is 9.10. The minimum atomic E-state index is -3.60. The molecule has 0 amide bonds. The summed E-state index contributed by atoms with van der Waals surface area (Å²) >= 11 is 4.70. The summed E-state index contributed by atoms with van der Waals surface area (Å²) in [4.78, 5) is 11.9. The van der Waals surface area contributed by atoms with E-state index in [1.54, 1.807) is 24.5 Å². The summed E-state index contributed by atoms with van der Waals surface area (Å²) in [5.74, 6) is 1.99. The van der Waals surface area contributed by atoms with Crippen LogP contribution >= 0.6 is 27.3 Å². The molecule has 29 heavy (non-hydrogen) atoms. The Hall–Kier alpha value is -1.82. The molecule has 11 heteroatoms. The average molecular weight is 497 g/mol. The van der Waals surface area contributed by atoms with Gasteiger partial charge in [0, 0.05) is 30.0 Å². The molecule has 0 unspecified atom stereocenters. The first-order valence-electron chi connectivity index (χ1n) is 9.10. The number of hydrogen-bond acceptors (Lipinski definition) is 7. The Morgan fingerprint density at radius 3 is 2.66 bits per heavy atom. The molecule has 0 radical (unpaired) electrons. The number of aromatic amines is 1. The summed E-state index contributed by atoms with van der Waals surface area (Å²) in [6.07, 6.45) is 5.61. The van der Waals surface area contributed by atoms with Gasteiger partial charge in [-0.05, 0) is 61.7 Å². The fourth-order valence-corrected chi connectivity index (χ4v) is 5.92. The predicted octanol–water partition coefficient (Wildman–Crippen LogP) is 4.07. The Bertz CT molecular complexity index is 1120. The van der Waals surface area contributed by atoms with Gasteiger partial charge >= 0.3 is 0 Å². The van der Waals surface area contributed by atoms with Crippen LogP contribution < -0.4 is 9.62 Å². The van der Waals surface area contributed by atoms with Gasteiger partial charge in [-0.25, -0.2) is 23.1 Å². The third-order valence-electron chi connectivity index (χ3n) is 4.11. The van der Waals surface area contributed by atoms with Crippen molar-refractivity contribution >= 4 is 48.9 Å². The van der Waals surface area contributed by atoms with Crippen LogP contribution in [0, 0.1) is 0 Å². The van der Waals surface area contributed by atoms with Crippen molar-refractivity contribution < 1.29 is 8.42 Å². The summed E-state index contributed by atoms with van der Waals surface area (Å²) in [7, 11) is -3.60. The van der Waals surface area contributed by atoms with E-state index in [1.807, 2.05) is 26.8 Å². The van der Waals surface area contributed by atoms with E-state index in [4.69, 9.17) is 4.98 Å². The summed E-state index contributed by atoms with van der Waals surface area (Å²) in [6, 6.07) is 5.57. The molecule has 3 aromatic rings. The Morgan fingerprint density at radius 2 is 2.03 bits per heavy atom. The topological polar surface area (TPSA) is 104 Å². The van der Waals surface area contributed by atoms with E-state index in [0.717, 1.165) is 40.3 Å². The molecule has 3 heterocycles. The van der Waals surface area contributed by atoms with Crippen molar-refractivity contribution in [3.8, 4) is 10.7 Å². The van der Waals surface area contributed by atoms with Crippen LogP contribution in [0.15, 0.2) is 39.3 Å². The minimum Gasteiger partial charge on any atom is -0.305 e. The normalized spacial score (nSPS) is 14.9. The number of nitrogens with one attached hydrogen (secondary N) is 2. The molecule has 1 aliphatic carbocycles. The molecule has 0 saturated heterocycles. The molecular formula is C18H21BrN6O2S2. The summed E-state index contributed by atoms with van der Waals surface area (Å²) in [5.41, 5.74) is -0.557. The Labute approximate surface area is 182 Å². The van der Waals surface area contributed by atoms with Gasteiger partial charge in [-0.15, -0.1) is 11.3 Å². The number of H-pyrrole nitrogens is 1. The molecule has 1 aliphatic rings. The zero-order valence-electron chi connectivity index (χ0n) is 16.2. The van der Waals surface area contributed by atoms with Crippen molar-refractivity contribution in [3.05, 3.63) is 35.1 Å². The molecule has 0 aromatic carbocycles. The van der Waals surface area contributed by atoms with Gasteiger partial charge in [0.05, 0.1) is 9.35 Å². The van der Waals surface area contributed by atoms with Crippen LogP contribution in [-0.2, 0) is 10.0 Å². The molecule has 0 bridgehead atoms. The van der Waals surface area contributed by atoms with Gasteiger partial charge in [0.1, 0.15) is 4.21 Å². The van der Waals surface area contributed by atoms with E-state index < -0.39 is 15.6 Å². The van der Waals surface area contributed by atoms with Crippen molar-refractivity contribution in [1.29, 1.82) is 0 Å². The highest BCUT2D eigenvalue weighted by Crippen LogP contribution is 2.40. The van der Waals surface area contributed by atoms with E-state index in [1.165, 1.54) is 0 Å². The first kappa shape index (κ1) is 20.5. The van der Waals surface area contributed by atoms with Crippen molar-refractivity contribution in [2.45, 2.75) is 49.4 Å². The molecule has 1 fully saturated rings. The van der Waals surface area contributed by atoms with Gasteiger partial charge in [-0.2, -0.15) is 5.10 Å². The molecule has 4 rings (SSSR count). The van der Waals surface area contributed by atoms with Crippen LogP contribution in [-0.4, -0.2) is 40.2 Å². The molecular weight excluding hydrogens is 476 g/mol. The SMILES string of the molecule is CC(C)(C)NS(=O)(=O)c1ccc(-c2ncc(Br)c(N(c3cc[nH]n3)C3CC3)n2)s1. The Balaban J connectivity index is 1.69. The standard InChI is InChI=1S/C18H21BrN6O2S2/c1-18(2,3)24-29(26,27)15-7-6-13(28-15)16-20-10-12(19)17(22-16)25(11-4-5-11)14-8-9-21-23-14/h6-11,24H,4-5H2,1-3H3,(H,21,23). The van der Waals surface area contributed by atoms with Gasteiger partial charge in [-0.3, -0.25) is 5.10 Å². The first-order valence-corrected chi connectivity index (χ1v) is 12.2. The molecule has 1 saturated carbocycles. The molecule has 0 aliphatic heterocycles. The van der Waals surface area contributed by atoms with E-state index >= 15 is 0 Å². The van der Waals surface area contributed by atoms with Crippen molar-refractivity contribution in [1.82, 2.24) is 24.9 Å². The second-order valence-electron chi connectivity index (χ2n) is 7.87. The van der Waals surface area contributed by atoms with Crippen molar-refractivity contribution in [2.75, 3.05) is 4.90 Å². The Morgan fingerprint density at radius 1 is 1.28 bits per heavy atom. The van der Waals surface area contributed by atoms with Crippen LogP contribution in [0.25, 0.3) is 10.7 Å². The lowest BCUT2D eigenvalue weighted by atomic mass is 10.1. The maximum Gasteiger partial charge on any atom is 0.250 e. The lowest BCUT2D eigenvalue weighted by Gasteiger charge is -2.22. The van der Waals surface area contributed by atoms with Crippen molar-refractivity contribution in [2.24, 2.45) is 0 Å². The smallest absolute Gasteiger partial charge is 0.250 e. The highest BCUT2D eigenvalue weighted by atomic mass is 79.9. The third kappa shape index (κ3) is 4.52. The molecule has 8 nitrogen and oxygen atoms in total. The number of halogens is 1. The second kappa shape index (κ2) is 7.46. The van der Waals surface area contributed by atoms with E-state index in [2.05, 4.69) is 40.7 Å². The quantitative estimate of drug-likeness (QED) is 0.532. The number of hydrogen-bond donors (Lipinski definition) is 2. The number of anilines is 2. The van der Waals surface area contributed by atoms with E-state index in [9.17, 15) is 8.42 Å². The van der Waals surface area contributed by atoms with Crippen molar-refractivity contribution in [3.63, 3.8) is 0 Å². The van der Waals surface area contributed by atoms with Crippen LogP contribution in [0.5, 0.6) is 0 Å². The summed E-state index contributed by atoms with van der Waals surface area (Å²) in [6.45, 7) is 5.43. The predicted molar refractivity (Wildman–Crippen MR) is 117 cm³/mol. The van der Waals surface area contributed by atoms with Crippen LogP contribution in [0.4, 0.5) is 11.6 Å². The number of thiophene rings is 1. The fraction of sp³-hybridized carbons (Fsp3) is 0.389. The molecule has 0 atom stereocenters. The van der Waals surface area contributed by atoms with Gasteiger partial charge in [0.15, 0.2) is 17.5 Å². The largest absolute Gasteiger partial charge is 0.305 e.